The van der Waals surface area contributed by atoms with E-state index in [9.17, 15) is 14.7 Å². The molecule has 0 saturated carbocycles. The van der Waals surface area contributed by atoms with Crippen LogP contribution in [0.4, 0.5) is 0 Å². The Balaban J connectivity index is 1.70. The van der Waals surface area contributed by atoms with E-state index in [1.54, 1.807) is 0 Å². The van der Waals surface area contributed by atoms with Gasteiger partial charge in [-0.2, -0.15) is 0 Å². The SMILES string of the molecule is O=C(N[C@H](Cc1ccccc1)C(=O)O)c1cc2c(s1)CCCCC2. The van der Waals surface area contributed by atoms with Crippen molar-refractivity contribution in [3.63, 3.8) is 0 Å². The van der Waals surface area contributed by atoms with Crippen LogP contribution < -0.4 is 5.32 Å². The van der Waals surface area contributed by atoms with E-state index < -0.39 is 12.0 Å². The zero-order valence-corrected chi connectivity index (χ0v) is 14.3. The van der Waals surface area contributed by atoms with Gasteiger partial charge in [-0.25, -0.2) is 4.79 Å². The smallest absolute Gasteiger partial charge is 0.326 e. The minimum absolute atomic E-state index is 0.281. The first-order valence-corrected chi connectivity index (χ1v) is 9.14. The second-order valence-electron chi connectivity index (χ2n) is 6.17. The molecule has 4 nitrogen and oxygen atoms in total. The molecule has 0 spiro atoms. The summed E-state index contributed by atoms with van der Waals surface area (Å²) in [4.78, 5) is 25.9. The molecular weight excluding hydrogens is 322 g/mol. The average molecular weight is 343 g/mol. The van der Waals surface area contributed by atoms with Gasteiger partial charge in [0.25, 0.3) is 5.91 Å². The molecule has 0 aliphatic heterocycles. The Morgan fingerprint density at radius 3 is 2.62 bits per heavy atom. The van der Waals surface area contributed by atoms with Crippen molar-refractivity contribution in [2.45, 2.75) is 44.6 Å². The first kappa shape index (κ1) is 16.7. The number of amides is 1. The third-order valence-corrected chi connectivity index (χ3v) is 5.59. The normalized spacial score (nSPS) is 15.2. The minimum Gasteiger partial charge on any atom is -0.480 e. The van der Waals surface area contributed by atoms with Crippen molar-refractivity contribution in [2.75, 3.05) is 0 Å². The van der Waals surface area contributed by atoms with Crippen molar-refractivity contribution in [1.82, 2.24) is 5.32 Å². The quantitative estimate of drug-likeness (QED) is 0.817. The lowest BCUT2D eigenvalue weighted by atomic mass is 10.1. The lowest BCUT2D eigenvalue weighted by Crippen LogP contribution is -2.42. The molecular formula is C19H21NO3S. The van der Waals surface area contributed by atoms with Gasteiger partial charge >= 0.3 is 5.97 Å². The highest BCUT2D eigenvalue weighted by atomic mass is 32.1. The molecule has 1 aliphatic rings. The van der Waals surface area contributed by atoms with Crippen LogP contribution in [0.25, 0.3) is 0 Å². The van der Waals surface area contributed by atoms with Gasteiger partial charge in [-0.1, -0.05) is 36.8 Å². The summed E-state index contributed by atoms with van der Waals surface area (Å²) in [5.41, 5.74) is 2.16. The van der Waals surface area contributed by atoms with Crippen LogP contribution in [0.2, 0.25) is 0 Å². The Morgan fingerprint density at radius 2 is 1.88 bits per heavy atom. The number of benzene rings is 1. The summed E-state index contributed by atoms with van der Waals surface area (Å²) in [5.74, 6) is -1.29. The molecule has 1 amide bonds. The molecule has 1 heterocycles. The first-order valence-electron chi connectivity index (χ1n) is 8.32. The van der Waals surface area contributed by atoms with Gasteiger partial charge in [-0.3, -0.25) is 4.79 Å². The molecule has 0 radical (unpaired) electrons. The molecule has 5 heteroatoms. The summed E-state index contributed by atoms with van der Waals surface area (Å²) in [7, 11) is 0. The molecule has 1 aliphatic carbocycles. The standard InChI is InChI=1S/C19H21NO3S/c21-18(17-12-14-9-5-2-6-10-16(14)24-17)20-15(19(22)23)11-13-7-3-1-4-8-13/h1,3-4,7-8,12,15H,2,5-6,9-11H2,(H,20,21)(H,22,23)/t15-/m1/s1. The highest BCUT2D eigenvalue weighted by Gasteiger charge is 2.23. The van der Waals surface area contributed by atoms with Crippen LogP contribution in [0.15, 0.2) is 36.4 Å². The minimum atomic E-state index is -1.01. The summed E-state index contributed by atoms with van der Waals surface area (Å²) in [6.45, 7) is 0. The molecule has 24 heavy (non-hydrogen) atoms. The van der Waals surface area contributed by atoms with Crippen molar-refractivity contribution in [2.24, 2.45) is 0 Å². The number of carboxylic acids is 1. The largest absolute Gasteiger partial charge is 0.480 e. The van der Waals surface area contributed by atoms with Gasteiger partial charge in [0, 0.05) is 11.3 Å². The van der Waals surface area contributed by atoms with Crippen LogP contribution in [0.3, 0.4) is 0 Å². The maximum Gasteiger partial charge on any atom is 0.326 e. The summed E-state index contributed by atoms with van der Waals surface area (Å²) < 4.78 is 0. The molecule has 2 N–H and O–H groups in total. The Kier molecular flexibility index (Phi) is 5.30. The topological polar surface area (TPSA) is 66.4 Å². The lowest BCUT2D eigenvalue weighted by molar-refractivity contribution is -0.139. The highest BCUT2D eigenvalue weighted by Crippen LogP contribution is 2.29. The Labute approximate surface area is 145 Å². The lowest BCUT2D eigenvalue weighted by Gasteiger charge is -2.14. The van der Waals surface area contributed by atoms with Crippen molar-refractivity contribution in [3.8, 4) is 0 Å². The molecule has 2 aromatic rings. The zero-order valence-electron chi connectivity index (χ0n) is 13.5. The van der Waals surface area contributed by atoms with Crippen molar-refractivity contribution in [3.05, 3.63) is 57.3 Å². The summed E-state index contributed by atoms with van der Waals surface area (Å²) in [5, 5.41) is 12.1. The third kappa shape index (κ3) is 4.03. The van der Waals surface area contributed by atoms with E-state index in [0.717, 1.165) is 24.8 Å². The predicted molar refractivity (Wildman–Crippen MR) is 94.6 cm³/mol. The van der Waals surface area contributed by atoms with Crippen LogP contribution in [-0.4, -0.2) is 23.0 Å². The third-order valence-electron chi connectivity index (χ3n) is 4.36. The fraction of sp³-hybridized carbons (Fsp3) is 0.368. The van der Waals surface area contributed by atoms with Gasteiger partial charge in [0.05, 0.1) is 4.88 Å². The second-order valence-corrected chi connectivity index (χ2v) is 7.31. The van der Waals surface area contributed by atoms with Crippen molar-refractivity contribution < 1.29 is 14.7 Å². The van der Waals surface area contributed by atoms with Crippen molar-refractivity contribution >= 4 is 23.2 Å². The maximum atomic E-state index is 12.5. The highest BCUT2D eigenvalue weighted by molar-refractivity contribution is 7.14. The van der Waals surface area contributed by atoms with Gasteiger partial charge in [0.1, 0.15) is 6.04 Å². The van der Waals surface area contributed by atoms with Crippen LogP contribution in [0, 0.1) is 0 Å². The Hall–Kier alpha value is -2.14. The van der Waals surface area contributed by atoms with E-state index >= 15 is 0 Å². The van der Waals surface area contributed by atoms with E-state index in [-0.39, 0.29) is 12.3 Å². The number of aliphatic carboxylic acids is 1. The maximum absolute atomic E-state index is 12.5. The molecule has 1 aromatic heterocycles. The monoisotopic (exact) mass is 343 g/mol. The fourth-order valence-corrected chi connectivity index (χ4v) is 4.22. The summed E-state index contributed by atoms with van der Waals surface area (Å²) >= 11 is 1.51. The Morgan fingerprint density at radius 1 is 1.12 bits per heavy atom. The van der Waals surface area contributed by atoms with Crippen molar-refractivity contribution in [1.29, 1.82) is 0 Å². The molecule has 3 rings (SSSR count). The average Bonchev–Trinajstić information content (AvgIpc) is 2.86. The van der Waals surface area contributed by atoms with Gasteiger partial charge in [-0.15, -0.1) is 11.3 Å². The molecule has 0 unspecified atom stereocenters. The number of aryl methyl sites for hydroxylation is 2. The molecule has 0 bridgehead atoms. The molecule has 126 valence electrons. The number of carbonyl (C=O) groups excluding carboxylic acids is 1. The van der Waals surface area contributed by atoms with E-state index in [1.807, 2.05) is 36.4 Å². The van der Waals surface area contributed by atoms with E-state index in [2.05, 4.69) is 5.32 Å². The second kappa shape index (κ2) is 7.62. The molecule has 1 aromatic carbocycles. The molecule has 0 fully saturated rings. The number of hydrogen-bond acceptors (Lipinski definition) is 3. The number of carboxylic acid groups (broad SMARTS) is 1. The first-order chi connectivity index (χ1) is 11.6. The van der Waals surface area contributed by atoms with Crippen LogP contribution >= 0.6 is 11.3 Å². The zero-order chi connectivity index (χ0) is 16.9. The van der Waals surface area contributed by atoms with E-state index in [4.69, 9.17) is 0 Å². The van der Waals surface area contributed by atoms with Crippen LogP contribution in [0.1, 0.15) is 44.9 Å². The summed E-state index contributed by atoms with van der Waals surface area (Å²) in [6.07, 6.45) is 5.90. The molecule has 1 atom stereocenters. The number of hydrogen-bond donors (Lipinski definition) is 2. The van der Waals surface area contributed by atoms with Gasteiger partial charge < -0.3 is 10.4 Å². The Bertz CT molecular complexity index is 700. The van der Waals surface area contributed by atoms with E-state index in [0.29, 0.717) is 4.88 Å². The number of thiophene rings is 1. The number of carbonyl (C=O) groups is 2. The van der Waals surface area contributed by atoms with Crippen LogP contribution in [0.5, 0.6) is 0 Å². The van der Waals surface area contributed by atoms with Gasteiger partial charge in [-0.05, 0) is 42.9 Å². The number of nitrogens with one attached hydrogen (secondary N) is 1. The summed E-state index contributed by atoms with van der Waals surface area (Å²) in [6, 6.07) is 10.4. The van der Waals surface area contributed by atoms with Gasteiger partial charge in [0.15, 0.2) is 0 Å². The fourth-order valence-electron chi connectivity index (χ4n) is 3.06. The van der Waals surface area contributed by atoms with Crippen LogP contribution in [-0.2, 0) is 24.1 Å². The number of rotatable bonds is 5. The number of fused-ring (bicyclic) bond motifs is 1. The molecule has 0 saturated heterocycles. The van der Waals surface area contributed by atoms with E-state index in [1.165, 1.54) is 34.6 Å². The predicted octanol–water partition coefficient (Wildman–Crippen LogP) is 3.44. The van der Waals surface area contributed by atoms with Gasteiger partial charge in [0.2, 0.25) is 0 Å².